The molecule has 0 aromatic carbocycles. The lowest BCUT2D eigenvalue weighted by Gasteiger charge is -2.01. The van der Waals surface area contributed by atoms with Crippen molar-refractivity contribution in [2.45, 2.75) is 25.3 Å². The Morgan fingerprint density at radius 3 is 2.73 bits per heavy atom. The first kappa shape index (κ1) is 10.4. The molecule has 0 aliphatic heterocycles. The van der Waals surface area contributed by atoms with Gasteiger partial charge in [0.05, 0.1) is 0 Å². The molecule has 0 rings (SSSR count). The summed E-state index contributed by atoms with van der Waals surface area (Å²) in [5.41, 5.74) is 3.52. The third kappa shape index (κ3) is 5.82. The van der Waals surface area contributed by atoms with E-state index >= 15 is 0 Å². The molecule has 0 aliphatic carbocycles. The molecule has 0 fully saturated rings. The lowest BCUT2D eigenvalue weighted by Crippen LogP contribution is -2.64. The maximum absolute atomic E-state index is 10.3. The summed E-state index contributed by atoms with van der Waals surface area (Å²) in [4.78, 5) is 10.3. The number of aliphatic carboxylic acids is 1. The summed E-state index contributed by atoms with van der Waals surface area (Å²) in [6, 6.07) is -0.438. The molecule has 0 aromatic heterocycles. The molecule has 0 unspecified atom stereocenters. The van der Waals surface area contributed by atoms with Gasteiger partial charge in [-0.2, -0.15) is 0 Å². The van der Waals surface area contributed by atoms with Gasteiger partial charge in [0, 0.05) is 6.42 Å². The van der Waals surface area contributed by atoms with Gasteiger partial charge in [-0.1, -0.05) is 0 Å². The minimum Gasteiger partial charge on any atom is -0.477 e. The molecular formula is C7H17N2O2+. The van der Waals surface area contributed by atoms with Gasteiger partial charge >= 0.3 is 5.97 Å². The van der Waals surface area contributed by atoms with Crippen molar-refractivity contribution in [3.63, 3.8) is 0 Å². The van der Waals surface area contributed by atoms with E-state index in [-0.39, 0.29) is 0 Å². The molecule has 0 bridgehead atoms. The number of unbranched alkanes of at least 4 members (excludes halogenated alkanes) is 1. The highest BCUT2D eigenvalue weighted by Crippen LogP contribution is 1.96. The molecule has 4 heteroatoms. The highest BCUT2D eigenvalue weighted by Gasteiger charge is 2.13. The number of quaternary nitrogens is 1. The number of carboxylic acid groups (broad SMARTS) is 1. The van der Waals surface area contributed by atoms with E-state index in [1.165, 1.54) is 0 Å². The SMILES string of the molecule is CNCCCC[C@H]([NH3+])C(=O)O. The average Bonchev–Trinajstić information content (AvgIpc) is 1.97. The standard InChI is InChI=1S/C7H16N2O2/c1-9-5-3-2-4-6(8)7(10)11/h6,9H,2-5,8H2,1H3,(H,10,11)/p+1/t6-/m0/s1. The molecule has 0 saturated heterocycles. The van der Waals surface area contributed by atoms with Gasteiger partial charge < -0.3 is 16.2 Å². The lowest BCUT2D eigenvalue weighted by molar-refractivity contribution is -0.409. The minimum atomic E-state index is -0.797. The van der Waals surface area contributed by atoms with Crippen LogP contribution in [0, 0.1) is 0 Å². The largest absolute Gasteiger partial charge is 0.477 e. The van der Waals surface area contributed by atoms with E-state index in [0.29, 0.717) is 6.42 Å². The Labute approximate surface area is 66.8 Å². The van der Waals surface area contributed by atoms with Crippen molar-refractivity contribution >= 4 is 5.97 Å². The van der Waals surface area contributed by atoms with Gasteiger partial charge in [0.15, 0.2) is 6.04 Å². The highest BCUT2D eigenvalue weighted by molar-refractivity contribution is 5.71. The van der Waals surface area contributed by atoms with Gasteiger partial charge in [-0.3, -0.25) is 0 Å². The second-order valence-corrected chi connectivity index (χ2v) is 2.63. The first-order chi connectivity index (χ1) is 5.18. The third-order valence-corrected chi connectivity index (χ3v) is 1.58. The molecule has 11 heavy (non-hydrogen) atoms. The van der Waals surface area contributed by atoms with Crippen LogP contribution in [0.15, 0.2) is 0 Å². The Bertz CT molecular complexity index is 117. The number of hydrogen-bond acceptors (Lipinski definition) is 2. The predicted molar refractivity (Wildman–Crippen MR) is 42.1 cm³/mol. The van der Waals surface area contributed by atoms with Crippen molar-refractivity contribution in [3.05, 3.63) is 0 Å². The first-order valence-electron chi connectivity index (χ1n) is 3.89. The van der Waals surface area contributed by atoms with Crippen molar-refractivity contribution in [2.24, 2.45) is 0 Å². The van der Waals surface area contributed by atoms with Crippen LogP contribution >= 0.6 is 0 Å². The quantitative estimate of drug-likeness (QED) is 0.440. The van der Waals surface area contributed by atoms with E-state index in [4.69, 9.17) is 5.11 Å². The van der Waals surface area contributed by atoms with Crippen LogP contribution in [0.1, 0.15) is 19.3 Å². The molecule has 66 valence electrons. The van der Waals surface area contributed by atoms with Gasteiger partial charge in [-0.25, -0.2) is 4.79 Å². The third-order valence-electron chi connectivity index (χ3n) is 1.58. The fraction of sp³-hybridized carbons (Fsp3) is 0.857. The van der Waals surface area contributed by atoms with Crippen molar-refractivity contribution in [3.8, 4) is 0 Å². The van der Waals surface area contributed by atoms with Crippen LogP contribution < -0.4 is 11.1 Å². The fourth-order valence-electron chi connectivity index (χ4n) is 0.816. The van der Waals surface area contributed by atoms with E-state index in [2.05, 4.69) is 11.1 Å². The van der Waals surface area contributed by atoms with Crippen LogP contribution in [0.4, 0.5) is 0 Å². The maximum atomic E-state index is 10.3. The molecule has 0 radical (unpaired) electrons. The number of nitrogens with one attached hydrogen (secondary N) is 1. The van der Waals surface area contributed by atoms with Crippen molar-refractivity contribution in [1.29, 1.82) is 0 Å². The molecule has 0 amide bonds. The fourth-order valence-corrected chi connectivity index (χ4v) is 0.816. The second-order valence-electron chi connectivity index (χ2n) is 2.63. The summed E-state index contributed by atoms with van der Waals surface area (Å²) in [6.07, 6.45) is 2.63. The van der Waals surface area contributed by atoms with Crippen LogP contribution in [0.5, 0.6) is 0 Å². The Kier molecular flexibility index (Phi) is 5.78. The van der Waals surface area contributed by atoms with Crippen molar-refractivity contribution in [2.75, 3.05) is 13.6 Å². The van der Waals surface area contributed by atoms with Crippen LogP contribution in [0.25, 0.3) is 0 Å². The molecule has 0 aliphatic rings. The predicted octanol–water partition coefficient (Wildman–Crippen LogP) is -0.929. The molecule has 0 saturated carbocycles. The summed E-state index contributed by atoms with van der Waals surface area (Å²) in [5, 5.41) is 11.5. The van der Waals surface area contributed by atoms with E-state index in [0.717, 1.165) is 19.4 Å². The van der Waals surface area contributed by atoms with E-state index < -0.39 is 12.0 Å². The van der Waals surface area contributed by atoms with Gasteiger partial charge in [-0.15, -0.1) is 0 Å². The summed E-state index contributed by atoms with van der Waals surface area (Å²) >= 11 is 0. The number of rotatable bonds is 6. The zero-order chi connectivity index (χ0) is 8.69. The van der Waals surface area contributed by atoms with Crippen LogP contribution in [-0.2, 0) is 4.79 Å². The van der Waals surface area contributed by atoms with Crippen molar-refractivity contribution in [1.82, 2.24) is 5.32 Å². The van der Waals surface area contributed by atoms with Gasteiger partial charge in [-0.05, 0) is 26.4 Å². The normalized spacial score (nSPS) is 12.9. The monoisotopic (exact) mass is 161 g/mol. The smallest absolute Gasteiger partial charge is 0.362 e. The van der Waals surface area contributed by atoms with Crippen LogP contribution in [-0.4, -0.2) is 30.7 Å². The van der Waals surface area contributed by atoms with Crippen molar-refractivity contribution < 1.29 is 15.6 Å². The Hall–Kier alpha value is -0.610. The second kappa shape index (κ2) is 6.12. The summed E-state index contributed by atoms with van der Waals surface area (Å²) < 4.78 is 0. The molecule has 1 atom stereocenters. The zero-order valence-electron chi connectivity index (χ0n) is 6.97. The van der Waals surface area contributed by atoms with Gasteiger partial charge in [0.2, 0.25) is 0 Å². The van der Waals surface area contributed by atoms with E-state index in [1.54, 1.807) is 0 Å². The number of hydrogen-bond donors (Lipinski definition) is 3. The molecular weight excluding hydrogens is 144 g/mol. The molecule has 5 N–H and O–H groups in total. The topological polar surface area (TPSA) is 77.0 Å². The lowest BCUT2D eigenvalue weighted by atomic mass is 10.1. The molecule has 0 aromatic rings. The summed E-state index contributed by atoms with van der Waals surface area (Å²) in [7, 11) is 1.89. The van der Waals surface area contributed by atoms with Gasteiger partial charge in [0.1, 0.15) is 0 Å². The highest BCUT2D eigenvalue weighted by atomic mass is 16.4. The van der Waals surface area contributed by atoms with Crippen LogP contribution in [0.2, 0.25) is 0 Å². The van der Waals surface area contributed by atoms with E-state index in [1.807, 2.05) is 7.05 Å². The minimum absolute atomic E-state index is 0.438. The molecule has 4 nitrogen and oxygen atoms in total. The molecule has 0 spiro atoms. The van der Waals surface area contributed by atoms with Crippen LogP contribution in [0.3, 0.4) is 0 Å². The number of carboxylic acids is 1. The Morgan fingerprint density at radius 2 is 2.27 bits per heavy atom. The Balaban J connectivity index is 3.17. The average molecular weight is 161 g/mol. The van der Waals surface area contributed by atoms with Gasteiger partial charge in [0.25, 0.3) is 0 Å². The zero-order valence-corrected chi connectivity index (χ0v) is 6.97. The summed E-state index contributed by atoms with van der Waals surface area (Å²) in [6.45, 7) is 0.951. The Morgan fingerprint density at radius 1 is 1.64 bits per heavy atom. The van der Waals surface area contributed by atoms with E-state index in [9.17, 15) is 4.79 Å². The summed E-state index contributed by atoms with van der Waals surface area (Å²) in [5.74, 6) is -0.797. The number of carbonyl (C=O) groups is 1. The maximum Gasteiger partial charge on any atom is 0.362 e. The first-order valence-corrected chi connectivity index (χ1v) is 3.89. The molecule has 0 heterocycles.